The molecule has 0 saturated carbocycles. The maximum atomic E-state index is 13.9. The summed E-state index contributed by atoms with van der Waals surface area (Å²) in [6.07, 6.45) is 1.58. The lowest BCUT2D eigenvalue weighted by molar-refractivity contribution is -0.137. The summed E-state index contributed by atoms with van der Waals surface area (Å²) in [5.41, 5.74) is 3.62. The average Bonchev–Trinajstić information content (AvgIpc) is 3.14. The Labute approximate surface area is 209 Å². The van der Waals surface area contributed by atoms with Gasteiger partial charge < -0.3 is 14.7 Å². The van der Waals surface area contributed by atoms with Crippen molar-refractivity contribution in [2.75, 3.05) is 13.1 Å². The van der Waals surface area contributed by atoms with E-state index in [4.69, 9.17) is 16.3 Å². The van der Waals surface area contributed by atoms with Gasteiger partial charge in [0.1, 0.15) is 23.7 Å². The Morgan fingerprint density at radius 1 is 1.14 bits per heavy atom. The van der Waals surface area contributed by atoms with Gasteiger partial charge in [-0.15, -0.1) is 0 Å². The lowest BCUT2D eigenvalue weighted by Crippen LogP contribution is -2.37. The van der Waals surface area contributed by atoms with E-state index in [-0.39, 0.29) is 17.5 Å². The van der Waals surface area contributed by atoms with Crippen molar-refractivity contribution in [2.24, 2.45) is 0 Å². The molecule has 35 heavy (non-hydrogen) atoms. The van der Waals surface area contributed by atoms with E-state index < -0.39 is 17.4 Å². The number of amides is 1. The van der Waals surface area contributed by atoms with E-state index in [0.29, 0.717) is 37.1 Å². The third kappa shape index (κ3) is 5.82. The third-order valence-electron chi connectivity index (χ3n) is 6.32. The Bertz CT molecular complexity index is 1280. The lowest BCUT2D eigenvalue weighted by Gasteiger charge is -2.24. The van der Waals surface area contributed by atoms with E-state index in [9.17, 15) is 19.1 Å². The normalized spacial score (nSPS) is 16.5. The van der Waals surface area contributed by atoms with Crippen molar-refractivity contribution in [1.29, 1.82) is 0 Å². The van der Waals surface area contributed by atoms with Crippen LogP contribution in [0, 0.1) is 12.7 Å². The molecule has 1 N–H and O–H groups in total. The molecule has 1 aliphatic rings. The largest absolute Gasteiger partial charge is 0.487 e. The molecule has 7 heteroatoms. The molecule has 182 valence electrons. The first-order chi connectivity index (χ1) is 16.6. The number of benzene rings is 3. The molecule has 1 heterocycles. The van der Waals surface area contributed by atoms with Crippen LogP contribution in [0.5, 0.6) is 5.75 Å². The molecular weight excluding hydrogens is 469 g/mol. The van der Waals surface area contributed by atoms with E-state index in [0.717, 1.165) is 22.3 Å². The van der Waals surface area contributed by atoms with Crippen molar-refractivity contribution >= 4 is 23.5 Å². The minimum Gasteiger partial charge on any atom is -0.487 e. The van der Waals surface area contributed by atoms with Crippen molar-refractivity contribution in [1.82, 2.24) is 4.90 Å². The van der Waals surface area contributed by atoms with Crippen molar-refractivity contribution in [3.8, 4) is 5.75 Å². The second kappa shape index (κ2) is 10.1. The Morgan fingerprint density at radius 2 is 1.91 bits per heavy atom. The van der Waals surface area contributed by atoms with Gasteiger partial charge in [-0.25, -0.2) is 4.39 Å². The van der Waals surface area contributed by atoms with E-state index >= 15 is 0 Å². The summed E-state index contributed by atoms with van der Waals surface area (Å²) in [7, 11) is 0. The van der Waals surface area contributed by atoms with Gasteiger partial charge in [-0.05, 0) is 72.9 Å². The SMILES string of the molecule is Cc1ccccc1CCN(CC(=O)O)C(=O)c1ccc2c(c1)C[C@@](C)(Cc1ccc(Cl)c(F)c1)O2. The number of halogens is 2. The van der Waals surface area contributed by atoms with Crippen LogP contribution < -0.4 is 4.74 Å². The van der Waals surface area contributed by atoms with Crippen LogP contribution in [0.1, 0.15) is 39.5 Å². The molecule has 1 amide bonds. The summed E-state index contributed by atoms with van der Waals surface area (Å²) in [5.74, 6) is -1.20. The summed E-state index contributed by atoms with van der Waals surface area (Å²) in [5, 5.41) is 9.46. The Balaban J connectivity index is 1.49. The van der Waals surface area contributed by atoms with E-state index in [2.05, 4.69) is 0 Å². The number of hydrogen-bond acceptors (Lipinski definition) is 3. The Morgan fingerprint density at radius 3 is 2.63 bits per heavy atom. The first-order valence-corrected chi connectivity index (χ1v) is 11.8. The van der Waals surface area contributed by atoms with Gasteiger partial charge in [0.15, 0.2) is 0 Å². The fourth-order valence-electron chi connectivity index (χ4n) is 4.58. The van der Waals surface area contributed by atoms with Gasteiger partial charge in [0.2, 0.25) is 0 Å². The number of carbonyl (C=O) groups excluding carboxylic acids is 1. The molecule has 0 fully saturated rings. The molecule has 0 unspecified atom stereocenters. The van der Waals surface area contributed by atoms with Crippen LogP contribution in [-0.2, 0) is 24.1 Å². The molecule has 0 aliphatic carbocycles. The smallest absolute Gasteiger partial charge is 0.323 e. The highest BCUT2D eigenvalue weighted by Crippen LogP contribution is 2.38. The number of carbonyl (C=O) groups is 2. The van der Waals surface area contributed by atoms with Crippen molar-refractivity contribution < 1.29 is 23.8 Å². The van der Waals surface area contributed by atoms with Gasteiger partial charge in [-0.2, -0.15) is 0 Å². The maximum Gasteiger partial charge on any atom is 0.323 e. The van der Waals surface area contributed by atoms with Crippen LogP contribution in [0.4, 0.5) is 4.39 Å². The molecule has 0 saturated heterocycles. The number of ether oxygens (including phenoxy) is 1. The lowest BCUT2D eigenvalue weighted by atomic mass is 9.91. The van der Waals surface area contributed by atoms with Crippen molar-refractivity contribution in [2.45, 2.75) is 38.7 Å². The molecule has 1 atom stereocenters. The average molecular weight is 496 g/mol. The standard InChI is InChI=1S/C28H27ClFNO4/c1-18-5-3-4-6-20(18)11-12-31(17-26(32)33)27(34)21-8-10-25-22(14-21)16-28(2,35-25)15-19-7-9-23(29)24(30)13-19/h3-10,13-14H,11-12,15-17H2,1-2H3,(H,32,33)/t28-/m1/s1. The van der Waals surface area contributed by atoms with Gasteiger partial charge in [0.05, 0.1) is 5.02 Å². The molecule has 1 aliphatic heterocycles. The fraction of sp³-hybridized carbons (Fsp3) is 0.286. The summed E-state index contributed by atoms with van der Waals surface area (Å²) >= 11 is 5.80. The first-order valence-electron chi connectivity index (χ1n) is 11.4. The number of rotatable bonds is 8. The topological polar surface area (TPSA) is 66.8 Å². The minimum absolute atomic E-state index is 0.0750. The minimum atomic E-state index is -1.06. The van der Waals surface area contributed by atoms with E-state index in [1.165, 1.54) is 17.0 Å². The summed E-state index contributed by atoms with van der Waals surface area (Å²) in [6, 6.07) is 17.8. The zero-order valence-corrected chi connectivity index (χ0v) is 20.4. The van der Waals surface area contributed by atoms with Gasteiger partial charge in [-0.1, -0.05) is 41.9 Å². The maximum absolute atomic E-state index is 13.9. The molecule has 0 bridgehead atoms. The van der Waals surface area contributed by atoms with Crippen molar-refractivity contribution in [3.63, 3.8) is 0 Å². The molecule has 0 aromatic heterocycles. The van der Waals surface area contributed by atoms with E-state index in [1.54, 1.807) is 24.3 Å². The van der Waals surface area contributed by atoms with Crippen LogP contribution in [0.15, 0.2) is 60.7 Å². The number of carboxylic acids is 1. The van der Waals surface area contributed by atoms with Crippen LogP contribution in [0.2, 0.25) is 5.02 Å². The van der Waals surface area contributed by atoms with Crippen molar-refractivity contribution in [3.05, 3.63) is 99.3 Å². The van der Waals surface area contributed by atoms with Crippen LogP contribution in [0.25, 0.3) is 0 Å². The predicted molar refractivity (Wildman–Crippen MR) is 133 cm³/mol. The van der Waals surface area contributed by atoms with Gasteiger partial charge in [-0.3, -0.25) is 9.59 Å². The summed E-state index contributed by atoms with van der Waals surface area (Å²) < 4.78 is 20.1. The monoisotopic (exact) mass is 495 g/mol. The molecule has 3 aromatic rings. The zero-order valence-electron chi connectivity index (χ0n) is 19.7. The Kier molecular flexibility index (Phi) is 7.13. The molecular formula is C28H27ClFNO4. The van der Waals surface area contributed by atoms with Crippen LogP contribution in [-0.4, -0.2) is 40.6 Å². The number of hydrogen-bond donors (Lipinski definition) is 1. The molecule has 4 rings (SSSR count). The predicted octanol–water partition coefficient (Wildman–Crippen LogP) is 5.49. The molecule has 5 nitrogen and oxygen atoms in total. The quantitative estimate of drug-likeness (QED) is 0.448. The molecule has 0 spiro atoms. The van der Waals surface area contributed by atoms with Crippen LogP contribution >= 0.6 is 11.6 Å². The van der Waals surface area contributed by atoms with E-state index in [1.807, 2.05) is 38.1 Å². The first kappa shape index (κ1) is 24.7. The molecule has 0 radical (unpaired) electrons. The molecule has 3 aromatic carbocycles. The van der Waals surface area contributed by atoms with Gasteiger partial charge in [0, 0.05) is 24.9 Å². The Hall–Kier alpha value is -3.38. The number of carboxylic acid groups (broad SMARTS) is 1. The van der Waals surface area contributed by atoms with Gasteiger partial charge in [0.25, 0.3) is 5.91 Å². The summed E-state index contributed by atoms with van der Waals surface area (Å²) in [4.78, 5) is 26.1. The number of aliphatic carboxylic acids is 1. The zero-order chi connectivity index (χ0) is 25.2. The second-order valence-corrected chi connectivity index (χ2v) is 9.68. The van der Waals surface area contributed by atoms with Crippen LogP contribution in [0.3, 0.4) is 0 Å². The number of aryl methyl sites for hydroxylation is 1. The number of nitrogens with zero attached hydrogens (tertiary/aromatic N) is 1. The second-order valence-electron chi connectivity index (χ2n) is 9.27. The third-order valence-corrected chi connectivity index (χ3v) is 6.62. The van der Waals surface area contributed by atoms with Gasteiger partial charge >= 0.3 is 5.97 Å². The highest BCUT2D eigenvalue weighted by Gasteiger charge is 2.36. The fourth-order valence-corrected chi connectivity index (χ4v) is 4.70. The highest BCUT2D eigenvalue weighted by molar-refractivity contribution is 6.30. The summed E-state index contributed by atoms with van der Waals surface area (Å²) in [6.45, 7) is 3.86. The number of fused-ring (bicyclic) bond motifs is 1. The highest BCUT2D eigenvalue weighted by atomic mass is 35.5.